The lowest BCUT2D eigenvalue weighted by Gasteiger charge is -2.35. The summed E-state index contributed by atoms with van der Waals surface area (Å²) >= 11 is 1.83. The van der Waals surface area contributed by atoms with E-state index < -0.39 is 5.41 Å². The normalized spacial score (nSPS) is 13.9. The first-order valence-corrected chi connectivity index (χ1v) is 28.5. The number of rotatable bonds is 8. The molecule has 3 nitrogen and oxygen atoms in total. The van der Waals surface area contributed by atoms with Crippen molar-refractivity contribution >= 4 is 45.9 Å². The molecule has 0 atom stereocenters. The average molecular weight is 1040 g/mol. The molecule has 0 saturated heterocycles. The Labute approximate surface area is 471 Å². The highest BCUT2D eigenvalue weighted by atomic mass is 32.2. The van der Waals surface area contributed by atoms with Crippen LogP contribution in [0, 0.1) is 0 Å². The van der Waals surface area contributed by atoms with Crippen molar-refractivity contribution in [2.75, 3.05) is 9.80 Å². The Morgan fingerprint density at radius 3 is 1.49 bits per heavy atom. The van der Waals surface area contributed by atoms with Crippen LogP contribution in [0.2, 0.25) is 0 Å². The van der Waals surface area contributed by atoms with Gasteiger partial charge in [-0.05, 0) is 162 Å². The molecule has 16 rings (SSSR count). The zero-order valence-corrected chi connectivity index (χ0v) is 45.1. The quantitative estimate of drug-likeness (QED) is 0.151. The van der Waals surface area contributed by atoms with Crippen LogP contribution >= 0.6 is 11.8 Å². The zero-order valence-electron chi connectivity index (χ0n) is 44.3. The first-order chi connectivity index (χ1) is 39.4. The molecular formula is C76H52N2OS. The third kappa shape index (κ3) is 6.89. The van der Waals surface area contributed by atoms with E-state index >= 15 is 0 Å². The van der Waals surface area contributed by atoms with Crippen molar-refractivity contribution in [1.29, 1.82) is 0 Å². The lowest BCUT2D eigenvalue weighted by atomic mass is 9.70. The predicted octanol–water partition coefficient (Wildman–Crippen LogP) is 20.9. The summed E-state index contributed by atoms with van der Waals surface area (Å²) < 4.78 is 7.45. The van der Waals surface area contributed by atoms with Gasteiger partial charge < -0.3 is 14.5 Å². The summed E-state index contributed by atoms with van der Waals surface area (Å²) in [4.78, 5) is 7.11. The molecule has 3 aliphatic carbocycles. The van der Waals surface area contributed by atoms with Gasteiger partial charge >= 0.3 is 0 Å². The van der Waals surface area contributed by atoms with E-state index in [9.17, 15) is 0 Å². The van der Waals surface area contributed by atoms with Crippen LogP contribution in [-0.4, -0.2) is 0 Å². The van der Waals surface area contributed by atoms with E-state index in [2.05, 4.69) is 303 Å². The number of benzene rings is 12. The van der Waals surface area contributed by atoms with E-state index in [0.717, 1.165) is 72.1 Å². The SMILES string of the molecule is CC1(C)c2ccccc2-c2ccc(N(c3ccccc3)c3ccc4c(c3)C3(c5ccccc5-c5ccccc53)c3cc(N(c5ccc(-c6ccccc6)cc5)c5cccc(-c6ccccc6)c5)c5c(c3-4)Sc3ccccc3O5)cc21. The van der Waals surface area contributed by atoms with Gasteiger partial charge in [-0.3, -0.25) is 0 Å². The maximum Gasteiger partial charge on any atom is 0.166 e. The maximum absolute atomic E-state index is 7.45. The largest absolute Gasteiger partial charge is 0.453 e. The summed E-state index contributed by atoms with van der Waals surface area (Å²) in [5.41, 5.74) is 25.4. The van der Waals surface area contributed by atoms with E-state index in [1.54, 1.807) is 0 Å². The average Bonchev–Trinajstić information content (AvgIpc) is 4.29. The molecule has 0 amide bonds. The van der Waals surface area contributed by atoms with Gasteiger partial charge in [-0.1, -0.05) is 226 Å². The monoisotopic (exact) mass is 1040 g/mol. The number of hydrogen-bond donors (Lipinski definition) is 0. The van der Waals surface area contributed by atoms with Crippen molar-refractivity contribution in [2.45, 2.75) is 34.5 Å². The van der Waals surface area contributed by atoms with Crippen molar-refractivity contribution in [2.24, 2.45) is 0 Å². The van der Waals surface area contributed by atoms with Crippen molar-refractivity contribution < 1.29 is 4.74 Å². The molecule has 1 aliphatic heterocycles. The molecule has 0 radical (unpaired) electrons. The molecule has 12 aromatic rings. The Morgan fingerprint density at radius 2 is 0.800 bits per heavy atom. The summed E-state index contributed by atoms with van der Waals surface area (Å²) in [6.07, 6.45) is 0. The molecule has 0 unspecified atom stereocenters. The fourth-order valence-corrected chi connectivity index (χ4v) is 14.9. The molecular weight excluding hydrogens is 989 g/mol. The van der Waals surface area contributed by atoms with Crippen LogP contribution in [0.1, 0.15) is 47.2 Å². The van der Waals surface area contributed by atoms with Gasteiger partial charge in [-0.2, -0.15) is 0 Å². The van der Waals surface area contributed by atoms with E-state index in [0.29, 0.717) is 0 Å². The Kier molecular flexibility index (Phi) is 10.4. The van der Waals surface area contributed by atoms with Crippen LogP contribution in [0.15, 0.2) is 289 Å². The summed E-state index contributed by atoms with van der Waals surface area (Å²) in [6.45, 7) is 4.74. The van der Waals surface area contributed by atoms with E-state index in [1.165, 1.54) is 72.3 Å². The first kappa shape index (κ1) is 46.5. The number of nitrogens with zero attached hydrogens (tertiary/aromatic N) is 2. The third-order valence-electron chi connectivity index (χ3n) is 17.3. The smallest absolute Gasteiger partial charge is 0.166 e. The van der Waals surface area contributed by atoms with Gasteiger partial charge in [0.1, 0.15) is 5.75 Å². The zero-order chi connectivity index (χ0) is 53.1. The summed E-state index contributed by atoms with van der Waals surface area (Å²) in [7, 11) is 0. The second-order valence-electron chi connectivity index (χ2n) is 21.9. The van der Waals surface area contributed by atoms with E-state index in [-0.39, 0.29) is 5.41 Å². The molecule has 378 valence electrons. The van der Waals surface area contributed by atoms with E-state index in [1.807, 2.05) is 11.8 Å². The molecule has 1 spiro atoms. The second-order valence-corrected chi connectivity index (χ2v) is 23.0. The maximum atomic E-state index is 7.45. The first-order valence-electron chi connectivity index (χ1n) is 27.6. The fraction of sp³-hybridized carbons (Fsp3) is 0.0526. The van der Waals surface area contributed by atoms with Gasteiger partial charge in [0.05, 0.1) is 20.9 Å². The minimum atomic E-state index is -0.714. The van der Waals surface area contributed by atoms with Gasteiger partial charge in [0.25, 0.3) is 0 Å². The fourth-order valence-electron chi connectivity index (χ4n) is 13.7. The Hall–Kier alpha value is -9.61. The minimum Gasteiger partial charge on any atom is -0.453 e. The molecule has 1 heterocycles. The molecule has 0 bridgehead atoms. The number of fused-ring (bicyclic) bond motifs is 16. The van der Waals surface area contributed by atoms with Crippen LogP contribution in [0.25, 0.3) is 55.6 Å². The summed E-state index contributed by atoms with van der Waals surface area (Å²) in [5.74, 6) is 1.69. The highest BCUT2D eigenvalue weighted by molar-refractivity contribution is 7.99. The molecule has 0 saturated carbocycles. The number of hydrogen-bond acceptors (Lipinski definition) is 4. The lowest BCUT2D eigenvalue weighted by molar-refractivity contribution is 0.456. The van der Waals surface area contributed by atoms with Gasteiger partial charge in [0.15, 0.2) is 5.75 Å². The highest BCUT2D eigenvalue weighted by Gasteiger charge is 2.54. The molecule has 12 aromatic carbocycles. The van der Waals surface area contributed by atoms with Crippen molar-refractivity contribution in [3.05, 3.63) is 312 Å². The predicted molar refractivity (Wildman–Crippen MR) is 331 cm³/mol. The number of ether oxygens (including phenoxy) is 1. The second kappa shape index (κ2) is 18.0. The van der Waals surface area contributed by atoms with E-state index in [4.69, 9.17) is 4.74 Å². The molecule has 0 fully saturated rings. The molecule has 0 N–H and O–H groups in total. The van der Waals surface area contributed by atoms with Crippen molar-refractivity contribution in [1.82, 2.24) is 0 Å². The van der Waals surface area contributed by atoms with Crippen LogP contribution in [0.4, 0.5) is 34.1 Å². The van der Waals surface area contributed by atoms with Gasteiger partial charge in [0, 0.05) is 39.4 Å². The number of para-hydroxylation sites is 2. The standard InChI is InChI=1S/C76H52N2OS/c1-75(2)63-32-15-12-29-58(63)61-43-41-56(46-66(61)75)77(53-26-10-5-11-27-53)57-42-44-62-67(47-57)76(64-33-16-13-30-59(64)60-31-14-17-34-65(60)76)68-48-69(73-74(72(62)68)80-71-36-19-18-35-70(71)79-73)78(54-39-37-51(38-40-54)49-21-6-3-7-22-49)55-28-20-25-52(45-55)50-23-8-4-9-24-50/h3-48H,1-2H3. The third-order valence-corrected chi connectivity index (χ3v) is 18.5. The minimum absolute atomic E-state index is 0.166. The van der Waals surface area contributed by atoms with Crippen LogP contribution < -0.4 is 14.5 Å². The van der Waals surface area contributed by atoms with Crippen molar-refractivity contribution in [3.63, 3.8) is 0 Å². The van der Waals surface area contributed by atoms with Crippen LogP contribution in [0.5, 0.6) is 11.5 Å². The molecule has 4 aliphatic rings. The van der Waals surface area contributed by atoms with Gasteiger partial charge in [0.2, 0.25) is 0 Å². The molecule has 0 aromatic heterocycles. The molecule has 4 heteroatoms. The van der Waals surface area contributed by atoms with Gasteiger partial charge in [-0.15, -0.1) is 0 Å². The number of anilines is 6. The Balaban J connectivity index is 0.975. The molecule has 80 heavy (non-hydrogen) atoms. The Morgan fingerprint density at radius 1 is 0.325 bits per heavy atom. The summed E-state index contributed by atoms with van der Waals surface area (Å²) in [6, 6.07) is 103. The van der Waals surface area contributed by atoms with Crippen LogP contribution in [0.3, 0.4) is 0 Å². The van der Waals surface area contributed by atoms with Gasteiger partial charge in [-0.25, -0.2) is 0 Å². The summed E-state index contributed by atoms with van der Waals surface area (Å²) in [5, 5.41) is 0. The van der Waals surface area contributed by atoms with Crippen molar-refractivity contribution in [3.8, 4) is 67.1 Å². The Bertz CT molecular complexity index is 4410. The highest BCUT2D eigenvalue weighted by Crippen LogP contribution is 2.69. The topological polar surface area (TPSA) is 15.7 Å². The van der Waals surface area contributed by atoms with Crippen LogP contribution in [-0.2, 0) is 10.8 Å². The lowest BCUT2D eigenvalue weighted by Crippen LogP contribution is -2.27.